The second-order valence-corrected chi connectivity index (χ2v) is 8.13. The number of phenolic OH excluding ortho intramolecular Hbond substituents is 2. The Bertz CT molecular complexity index is 1090. The number of amides is 1. The van der Waals surface area contributed by atoms with Crippen molar-refractivity contribution in [3.63, 3.8) is 0 Å². The van der Waals surface area contributed by atoms with Gasteiger partial charge >= 0.3 is 0 Å². The number of aromatic hydroxyl groups is 2. The van der Waals surface area contributed by atoms with E-state index in [1.807, 2.05) is 19.1 Å². The Morgan fingerprint density at radius 2 is 1.78 bits per heavy atom. The lowest BCUT2D eigenvalue weighted by atomic mass is 10.1. The number of hydrogen-bond donors (Lipinski definition) is 3. The average molecular weight is 436 g/mol. The number of carbonyl (C=O) groups excluding carboxylic acids is 1. The maximum atomic E-state index is 12.4. The Kier molecular flexibility index (Phi) is 6.43. The molecule has 1 aliphatic heterocycles. The zero-order chi connectivity index (χ0) is 22.7. The summed E-state index contributed by atoms with van der Waals surface area (Å²) >= 11 is 0. The average Bonchev–Trinajstić information content (AvgIpc) is 3.21. The first kappa shape index (κ1) is 21.9. The minimum absolute atomic E-state index is 0.0402. The number of nitrogens with zero attached hydrogens (tertiary/aromatic N) is 4. The van der Waals surface area contributed by atoms with Gasteiger partial charge in [0.25, 0.3) is 5.91 Å². The molecule has 32 heavy (non-hydrogen) atoms. The van der Waals surface area contributed by atoms with Crippen LogP contribution in [0.4, 0.5) is 0 Å². The predicted molar refractivity (Wildman–Crippen MR) is 123 cm³/mol. The van der Waals surface area contributed by atoms with Gasteiger partial charge in [-0.3, -0.25) is 14.3 Å². The first-order valence-corrected chi connectivity index (χ1v) is 10.8. The molecule has 168 valence electrons. The molecule has 1 amide bonds. The van der Waals surface area contributed by atoms with Gasteiger partial charge in [0.05, 0.1) is 5.56 Å². The number of carbonyl (C=O) groups is 1. The molecule has 0 unspecified atom stereocenters. The van der Waals surface area contributed by atoms with E-state index in [9.17, 15) is 15.0 Å². The van der Waals surface area contributed by atoms with Gasteiger partial charge in [0.2, 0.25) is 0 Å². The number of piperazine rings is 1. The molecule has 1 aliphatic rings. The number of nitrogens with one attached hydrogen (secondary N) is 1. The fourth-order valence-electron chi connectivity index (χ4n) is 3.86. The lowest BCUT2D eigenvalue weighted by molar-refractivity contribution is 0.0951. The third-order valence-corrected chi connectivity index (χ3v) is 5.71. The highest BCUT2D eigenvalue weighted by molar-refractivity contribution is 5.93. The van der Waals surface area contributed by atoms with Crippen LogP contribution in [0.15, 0.2) is 48.7 Å². The van der Waals surface area contributed by atoms with Crippen LogP contribution in [0.5, 0.6) is 11.5 Å². The number of aromatic nitrogens is 2. The van der Waals surface area contributed by atoms with Crippen LogP contribution in [0, 0.1) is 0 Å². The molecule has 1 saturated heterocycles. The third kappa shape index (κ3) is 4.76. The smallest absolute Gasteiger partial charge is 0.271 e. The van der Waals surface area contributed by atoms with Crippen molar-refractivity contribution in [1.29, 1.82) is 0 Å². The largest absolute Gasteiger partial charge is 0.508 e. The molecule has 0 bridgehead atoms. The highest BCUT2D eigenvalue weighted by atomic mass is 16.3. The van der Waals surface area contributed by atoms with Crippen LogP contribution in [0.1, 0.15) is 23.0 Å². The fourth-order valence-corrected chi connectivity index (χ4v) is 3.86. The van der Waals surface area contributed by atoms with E-state index in [0.29, 0.717) is 17.9 Å². The van der Waals surface area contributed by atoms with Crippen molar-refractivity contribution < 1.29 is 15.0 Å². The van der Waals surface area contributed by atoms with Gasteiger partial charge in [-0.15, -0.1) is 0 Å². The van der Waals surface area contributed by atoms with E-state index in [-0.39, 0.29) is 23.1 Å². The summed E-state index contributed by atoms with van der Waals surface area (Å²) in [7, 11) is 2.15. The number of rotatable bonds is 6. The van der Waals surface area contributed by atoms with Gasteiger partial charge in [0, 0.05) is 57.2 Å². The van der Waals surface area contributed by atoms with Gasteiger partial charge in [-0.2, -0.15) is 0 Å². The molecule has 8 nitrogen and oxygen atoms in total. The Balaban J connectivity index is 1.64. The van der Waals surface area contributed by atoms with Crippen LogP contribution in [0.3, 0.4) is 0 Å². The summed E-state index contributed by atoms with van der Waals surface area (Å²) in [6, 6.07) is 12.5. The Hall–Kier alpha value is -3.36. The van der Waals surface area contributed by atoms with Crippen molar-refractivity contribution >= 4 is 5.91 Å². The van der Waals surface area contributed by atoms with Crippen molar-refractivity contribution in [1.82, 2.24) is 24.7 Å². The highest BCUT2D eigenvalue weighted by Crippen LogP contribution is 2.33. The van der Waals surface area contributed by atoms with Crippen LogP contribution < -0.4 is 5.32 Å². The number of hydrogen-bond acceptors (Lipinski definition) is 6. The number of phenols is 2. The molecule has 0 atom stereocenters. The van der Waals surface area contributed by atoms with Crippen molar-refractivity contribution in [2.24, 2.45) is 0 Å². The molecule has 0 radical (unpaired) electrons. The molecule has 2 aromatic carbocycles. The molecule has 0 aliphatic carbocycles. The molecule has 0 spiro atoms. The zero-order valence-electron chi connectivity index (χ0n) is 18.5. The standard InChI is InChI=1S/C24H29N5O3/c1-3-25-24(32)21-16-29(23(26-21)20-9-8-19(30)14-22(20)31)18-6-4-17(5-7-18)15-28-12-10-27(2)11-13-28/h4-9,14,16,30-31H,3,10-13,15H2,1-2H3,(H,25,32). The quantitative estimate of drug-likeness (QED) is 0.551. The summed E-state index contributed by atoms with van der Waals surface area (Å²) in [5, 5.41) is 22.8. The second-order valence-electron chi connectivity index (χ2n) is 8.13. The van der Waals surface area contributed by atoms with E-state index < -0.39 is 0 Å². The summed E-state index contributed by atoms with van der Waals surface area (Å²) in [6.07, 6.45) is 1.67. The third-order valence-electron chi connectivity index (χ3n) is 5.71. The van der Waals surface area contributed by atoms with E-state index in [1.54, 1.807) is 16.8 Å². The normalized spacial score (nSPS) is 15.1. The van der Waals surface area contributed by atoms with E-state index in [2.05, 4.69) is 39.3 Å². The molecule has 8 heteroatoms. The topological polar surface area (TPSA) is 93.9 Å². The Labute approximate surface area is 187 Å². The molecule has 3 N–H and O–H groups in total. The summed E-state index contributed by atoms with van der Waals surface area (Å²) in [5.74, 6) is 0.000534. The highest BCUT2D eigenvalue weighted by Gasteiger charge is 2.19. The number of benzene rings is 2. The summed E-state index contributed by atoms with van der Waals surface area (Å²) in [6.45, 7) is 7.51. The second kappa shape index (κ2) is 9.42. The fraction of sp³-hybridized carbons (Fsp3) is 0.333. The molecule has 1 fully saturated rings. The van der Waals surface area contributed by atoms with Crippen LogP contribution in [0.2, 0.25) is 0 Å². The van der Waals surface area contributed by atoms with Gasteiger partial charge < -0.3 is 20.4 Å². The van der Waals surface area contributed by atoms with Crippen molar-refractivity contribution in [3.05, 3.63) is 59.9 Å². The summed E-state index contributed by atoms with van der Waals surface area (Å²) < 4.78 is 1.79. The maximum Gasteiger partial charge on any atom is 0.271 e. The molecule has 2 heterocycles. The number of likely N-dealkylation sites (N-methyl/N-ethyl adjacent to an activating group) is 1. The summed E-state index contributed by atoms with van der Waals surface area (Å²) in [5.41, 5.74) is 2.74. The van der Waals surface area contributed by atoms with Crippen molar-refractivity contribution in [2.75, 3.05) is 39.8 Å². The van der Waals surface area contributed by atoms with E-state index in [1.165, 1.54) is 17.7 Å². The zero-order valence-corrected chi connectivity index (χ0v) is 18.5. The molecule has 0 saturated carbocycles. The van der Waals surface area contributed by atoms with Crippen LogP contribution in [0.25, 0.3) is 17.1 Å². The monoisotopic (exact) mass is 435 g/mol. The van der Waals surface area contributed by atoms with Crippen molar-refractivity contribution in [3.8, 4) is 28.6 Å². The molecule has 1 aromatic heterocycles. The first-order chi connectivity index (χ1) is 15.4. The molecular weight excluding hydrogens is 406 g/mol. The Morgan fingerprint density at radius 1 is 1.06 bits per heavy atom. The summed E-state index contributed by atoms with van der Waals surface area (Å²) in [4.78, 5) is 21.7. The lowest BCUT2D eigenvalue weighted by Gasteiger charge is -2.32. The molecule has 3 aromatic rings. The van der Waals surface area contributed by atoms with Gasteiger partial charge in [-0.25, -0.2) is 4.98 Å². The van der Waals surface area contributed by atoms with E-state index in [0.717, 1.165) is 38.4 Å². The predicted octanol–water partition coefficient (Wildman–Crippen LogP) is 2.45. The number of imidazole rings is 1. The van der Waals surface area contributed by atoms with Gasteiger partial charge in [0.1, 0.15) is 23.0 Å². The minimum Gasteiger partial charge on any atom is -0.508 e. The van der Waals surface area contributed by atoms with Crippen LogP contribution in [-0.2, 0) is 6.54 Å². The van der Waals surface area contributed by atoms with Gasteiger partial charge in [-0.1, -0.05) is 12.1 Å². The first-order valence-electron chi connectivity index (χ1n) is 10.8. The molecule has 4 rings (SSSR count). The van der Waals surface area contributed by atoms with Gasteiger partial charge in [0.15, 0.2) is 0 Å². The van der Waals surface area contributed by atoms with E-state index >= 15 is 0 Å². The molecular formula is C24H29N5O3. The maximum absolute atomic E-state index is 12.4. The van der Waals surface area contributed by atoms with Crippen LogP contribution >= 0.6 is 0 Å². The Morgan fingerprint density at radius 3 is 2.44 bits per heavy atom. The van der Waals surface area contributed by atoms with Crippen LogP contribution in [-0.4, -0.2) is 75.2 Å². The lowest BCUT2D eigenvalue weighted by Crippen LogP contribution is -2.43. The van der Waals surface area contributed by atoms with Gasteiger partial charge in [-0.05, 0) is 43.8 Å². The van der Waals surface area contributed by atoms with E-state index in [4.69, 9.17) is 0 Å². The minimum atomic E-state index is -0.280. The van der Waals surface area contributed by atoms with Crippen molar-refractivity contribution in [2.45, 2.75) is 13.5 Å². The SMILES string of the molecule is CCNC(=O)c1cn(-c2ccc(CN3CCN(C)CC3)cc2)c(-c2ccc(O)cc2O)n1.